The van der Waals surface area contributed by atoms with Crippen LogP contribution >= 0.6 is 7.14 Å². The summed E-state index contributed by atoms with van der Waals surface area (Å²) in [6.45, 7) is 0. The number of ether oxygens (including phenoxy) is 2. The quantitative estimate of drug-likeness (QED) is 0.143. The molecule has 2 aliphatic heterocycles. The van der Waals surface area contributed by atoms with Crippen molar-refractivity contribution in [2.45, 2.75) is 0 Å². The lowest BCUT2D eigenvalue weighted by Crippen LogP contribution is -2.35. The topological polar surface area (TPSA) is 35.5 Å². The minimum atomic E-state index is -3.34. The maximum atomic E-state index is 15.7. The first-order valence-corrected chi connectivity index (χ1v) is 16.5. The van der Waals surface area contributed by atoms with Crippen LogP contribution in [-0.4, -0.2) is 0 Å². The first kappa shape index (κ1) is 24.1. The van der Waals surface area contributed by atoms with Gasteiger partial charge >= 0.3 is 0 Å². The van der Waals surface area contributed by atoms with Gasteiger partial charge in [-0.1, -0.05) is 103 Å². The molecule has 0 saturated carbocycles. The van der Waals surface area contributed by atoms with E-state index in [0.29, 0.717) is 38.9 Å². The van der Waals surface area contributed by atoms with Crippen molar-refractivity contribution < 1.29 is 14.0 Å². The van der Waals surface area contributed by atoms with E-state index < -0.39 is 7.14 Å². The summed E-state index contributed by atoms with van der Waals surface area (Å²) in [5.74, 6) is 2.48. The molecule has 10 rings (SSSR count). The minimum absolute atomic E-state index is 0.585. The lowest BCUT2D eigenvalue weighted by atomic mass is 9.92. The molecule has 8 aromatic rings. The van der Waals surface area contributed by atoms with Gasteiger partial charge in [-0.15, -0.1) is 0 Å². The summed E-state index contributed by atoms with van der Waals surface area (Å²) in [7, 11) is -3.34. The molecular formula is C40H23O3P. The molecule has 0 saturated heterocycles. The van der Waals surface area contributed by atoms with E-state index in [1.54, 1.807) is 0 Å². The van der Waals surface area contributed by atoms with Gasteiger partial charge in [-0.3, -0.25) is 0 Å². The molecule has 0 fully saturated rings. The first-order chi connectivity index (χ1) is 21.7. The molecule has 0 bridgehead atoms. The van der Waals surface area contributed by atoms with E-state index in [1.807, 2.05) is 60.7 Å². The van der Waals surface area contributed by atoms with E-state index >= 15 is 4.57 Å². The van der Waals surface area contributed by atoms with Crippen molar-refractivity contribution in [3.8, 4) is 34.1 Å². The molecule has 1 unspecified atom stereocenters. The largest absolute Gasteiger partial charge is 0.456 e. The van der Waals surface area contributed by atoms with E-state index in [0.717, 1.165) is 21.9 Å². The third-order valence-corrected chi connectivity index (χ3v) is 12.4. The maximum absolute atomic E-state index is 15.7. The molecule has 1 atom stereocenters. The van der Waals surface area contributed by atoms with Gasteiger partial charge in [-0.2, -0.15) is 0 Å². The van der Waals surface area contributed by atoms with Crippen LogP contribution in [0.5, 0.6) is 23.0 Å². The lowest BCUT2D eigenvalue weighted by molar-refractivity contribution is 0.465. The molecule has 2 aliphatic rings. The molecule has 0 aliphatic carbocycles. The number of hydrogen-bond acceptors (Lipinski definition) is 3. The van der Waals surface area contributed by atoms with Crippen molar-refractivity contribution in [2.75, 3.05) is 0 Å². The monoisotopic (exact) mass is 582 g/mol. The minimum Gasteiger partial charge on any atom is -0.456 e. The highest BCUT2D eigenvalue weighted by molar-refractivity contribution is 7.86. The second-order valence-corrected chi connectivity index (χ2v) is 14.2. The average Bonchev–Trinajstić information content (AvgIpc) is 3.08. The maximum Gasteiger partial charge on any atom is 0.185 e. The molecular weight excluding hydrogens is 559 g/mol. The molecule has 0 spiro atoms. The van der Waals surface area contributed by atoms with Gasteiger partial charge in [0.15, 0.2) is 7.14 Å². The summed E-state index contributed by atoms with van der Waals surface area (Å²) in [6, 6.07) is 47.7. The van der Waals surface area contributed by atoms with Crippen molar-refractivity contribution in [3.63, 3.8) is 0 Å². The Bertz CT molecular complexity index is 2570. The van der Waals surface area contributed by atoms with E-state index in [-0.39, 0.29) is 0 Å². The Labute approximate surface area is 253 Å². The zero-order chi connectivity index (χ0) is 29.0. The molecule has 0 N–H and O–H groups in total. The Morgan fingerprint density at radius 3 is 1.84 bits per heavy atom. The highest BCUT2D eigenvalue weighted by atomic mass is 31.2. The van der Waals surface area contributed by atoms with Gasteiger partial charge in [0.05, 0.1) is 10.6 Å². The van der Waals surface area contributed by atoms with Crippen LogP contribution in [0.25, 0.3) is 54.2 Å². The summed E-state index contributed by atoms with van der Waals surface area (Å²) in [4.78, 5) is 0. The van der Waals surface area contributed by atoms with Crippen LogP contribution in [0.15, 0.2) is 140 Å². The van der Waals surface area contributed by atoms with Gasteiger partial charge < -0.3 is 14.0 Å². The fourth-order valence-corrected chi connectivity index (χ4v) is 10.4. The fraction of sp³-hybridized carbons (Fsp3) is 0. The van der Waals surface area contributed by atoms with Crippen molar-refractivity contribution >= 4 is 66.1 Å². The van der Waals surface area contributed by atoms with Gasteiger partial charge in [0.25, 0.3) is 0 Å². The van der Waals surface area contributed by atoms with Crippen LogP contribution in [-0.2, 0) is 4.57 Å². The number of benzene rings is 8. The second-order valence-electron chi connectivity index (χ2n) is 11.6. The molecule has 0 aromatic heterocycles. The number of hydrogen-bond donors (Lipinski definition) is 0. The molecule has 4 heteroatoms. The Balaban J connectivity index is 1.30. The Morgan fingerprint density at radius 1 is 0.432 bits per heavy atom. The predicted octanol–water partition coefficient (Wildman–Crippen LogP) is 9.82. The van der Waals surface area contributed by atoms with Crippen LogP contribution in [0.3, 0.4) is 0 Å². The van der Waals surface area contributed by atoms with Gasteiger partial charge in [0.2, 0.25) is 0 Å². The van der Waals surface area contributed by atoms with Gasteiger partial charge in [0, 0.05) is 10.9 Å². The van der Waals surface area contributed by atoms with E-state index in [9.17, 15) is 0 Å². The van der Waals surface area contributed by atoms with Crippen LogP contribution in [0.4, 0.5) is 0 Å². The number of fused-ring (bicyclic) bond motifs is 12. The molecule has 2 heterocycles. The van der Waals surface area contributed by atoms with Crippen molar-refractivity contribution in [1.82, 2.24) is 0 Å². The third-order valence-electron chi connectivity index (χ3n) is 9.29. The van der Waals surface area contributed by atoms with Crippen LogP contribution < -0.4 is 25.4 Å². The average molecular weight is 583 g/mol. The van der Waals surface area contributed by atoms with Crippen molar-refractivity contribution in [1.29, 1.82) is 0 Å². The Morgan fingerprint density at radius 2 is 1.07 bits per heavy atom. The first-order valence-electron chi connectivity index (χ1n) is 14.8. The molecule has 8 aromatic carbocycles. The van der Waals surface area contributed by atoms with E-state index in [4.69, 9.17) is 9.47 Å². The molecule has 206 valence electrons. The van der Waals surface area contributed by atoms with Gasteiger partial charge in [-0.25, -0.2) is 0 Å². The summed E-state index contributed by atoms with van der Waals surface area (Å²) in [5, 5.41) is 11.3. The smallest absolute Gasteiger partial charge is 0.185 e. The molecule has 0 radical (unpaired) electrons. The number of para-hydroxylation sites is 1. The van der Waals surface area contributed by atoms with Gasteiger partial charge in [0.1, 0.15) is 28.3 Å². The zero-order valence-corrected chi connectivity index (χ0v) is 24.3. The predicted molar refractivity (Wildman–Crippen MR) is 181 cm³/mol. The zero-order valence-electron chi connectivity index (χ0n) is 23.5. The standard InChI is InChI=1S/C40H23O3P/c41-44-36-16-8-7-15-34(36)42-35-21-20-27(39(40(35)44)43-38-26-10-2-1-9-24(26)18-22-37(38)44)25-17-19-32-30-13-4-3-11-28(30)29-12-5-6-14-31(29)33(32)23-25/h1-23H. The van der Waals surface area contributed by atoms with Crippen LogP contribution in [0, 0.1) is 0 Å². The second kappa shape index (κ2) is 8.60. The Hall–Kier alpha value is -5.37. The van der Waals surface area contributed by atoms with Crippen molar-refractivity contribution in [3.05, 3.63) is 140 Å². The van der Waals surface area contributed by atoms with E-state index in [2.05, 4.69) is 78.9 Å². The Kier molecular flexibility index (Phi) is 4.71. The molecule has 44 heavy (non-hydrogen) atoms. The highest BCUT2D eigenvalue weighted by Gasteiger charge is 2.47. The highest BCUT2D eigenvalue weighted by Crippen LogP contribution is 2.60. The SMILES string of the molecule is O=P12c3ccccc3Oc3ccc(-c4ccc5c6ccccc6c6ccccc6c5c4)c(c31)Oc1c2ccc2ccccc12. The van der Waals surface area contributed by atoms with Gasteiger partial charge in [-0.05, 0) is 79.7 Å². The summed E-state index contributed by atoms with van der Waals surface area (Å²) in [5.41, 5.74) is 1.90. The summed E-state index contributed by atoms with van der Waals surface area (Å²) >= 11 is 0. The summed E-state index contributed by atoms with van der Waals surface area (Å²) in [6.07, 6.45) is 0. The summed E-state index contributed by atoms with van der Waals surface area (Å²) < 4.78 is 29.1. The normalized spacial score (nSPS) is 16.3. The fourth-order valence-electron chi connectivity index (χ4n) is 7.32. The van der Waals surface area contributed by atoms with Crippen LogP contribution in [0.1, 0.15) is 0 Å². The van der Waals surface area contributed by atoms with Crippen LogP contribution in [0.2, 0.25) is 0 Å². The number of rotatable bonds is 1. The third kappa shape index (κ3) is 3.04. The molecule has 3 nitrogen and oxygen atoms in total. The lowest BCUT2D eigenvalue weighted by Gasteiger charge is -2.35. The molecule has 0 amide bonds. The van der Waals surface area contributed by atoms with Crippen molar-refractivity contribution in [2.24, 2.45) is 0 Å². The van der Waals surface area contributed by atoms with E-state index in [1.165, 1.54) is 32.3 Å².